The number of allylic oxidation sites excluding steroid dienone is 4. The molecule has 0 heterocycles. The number of rotatable bonds is 5. The first kappa shape index (κ1) is 17.8. The number of benzene rings is 2. The van der Waals surface area contributed by atoms with Gasteiger partial charge in [-0.3, -0.25) is 10.1 Å². The summed E-state index contributed by atoms with van der Waals surface area (Å²) < 4.78 is 27.6. The summed E-state index contributed by atoms with van der Waals surface area (Å²) in [5.74, 6) is -1.95. The second-order valence-corrected chi connectivity index (χ2v) is 7.36. The maximum absolute atomic E-state index is 14.1. The molecule has 2 bridgehead atoms. The summed E-state index contributed by atoms with van der Waals surface area (Å²) in [6.07, 6.45) is 6.12. The van der Waals surface area contributed by atoms with Crippen molar-refractivity contribution in [2.75, 3.05) is 11.9 Å². The molecule has 2 aliphatic rings. The van der Waals surface area contributed by atoms with Gasteiger partial charge in [-0.1, -0.05) is 48.6 Å². The van der Waals surface area contributed by atoms with E-state index in [9.17, 15) is 18.9 Å². The number of fused-ring (bicyclic) bond motifs is 2. The SMILES string of the molecule is O=[N+]([O-])c1c(NCC2c3ccc(-c4ccccc4)c2c3)cc(F)c(I)c1F. The summed E-state index contributed by atoms with van der Waals surface area (Å²) in [6, 6.07) is 10.9. The van der Waals surface area contributed by atoms with Crippen molar-refractivity contribution in [2.24, 2.45) is 5.92 Å². The summed E-state index contributed by atoms with van der Waals surface area (Å²) in [5, 5.41) is 14.1. The van der Waals surface area contributed by atoms with E-state index in [-0.39, 0.29) is 15.2 Å². The monoisotopic (exact) mass is 478 g/mol. The molecule has 7 heteroatoms. The van der Waals surface area contributed by atoms with E-state index in [4.69, 9.17) is 0 Å². The fraction of sp³-hybridized carbons (Fsp3) is 0.100. The Morgan fingerprint density at radius 2 is 1.93 bits per heavy atom. The third kappa shape index (κ3) is 3.05. The van der Waals surface area contributed by atoms with Crippen LogP contribution in [0.3, 0.4) is 0 Å². The normalized spacial score (nSPS) is 17.4. The van der Waals surface area contributed by atoms with Gasteiger partial charge in [-0.15, -0.1) is 0 Å². The molecular weight excluding hydrogens is 465 g/mol. The van der Waals surface area contributed by atoms with Gasteiger partial charge in [0.05, 0.1) is 8.49 Å². The van der Waals surface area contributed by atoms with E-state index in [2.05, 4.69) is 11.4 Å². The van der Waals surface area contributed by atoms with E-state index < -0.39 is 22.2 Å². The van der Waals surface area contributed by atoms with Gasteiger partial charge in [-0.2, -0.15) is 4.39 Å². The van der Waals surface area contributed by atoms with Crippen LogP contribution in [0.15, 0.2) is 65.8 Å². The first-order valence-electron chi connectivity index (χ1n) is 8.22. The van der Waals surface area contributed by atoms with E-state index in [1.54, 1.807) is 0 Å². The molecule has 1 atom stereocenters. The predicted molar refractivity (Wildman–Crippen MR) is 108 cm³/mol. The summed E-state index contributed by atoms with van der Waals surface area (Å²) in [6.45, 7) is 0.322. The molecule has 1 N–H and O–H groups in total. The van der Waals surface area contributed by atoms with Gasteiger partial charge < -0.3 is 5.32 Å². The lowest BCUT2D eigenvalue weighted by atomic mass is 9.70. The summed E-state index contributed by atoms with van der Waals surface area (Å²) in [7, 11) is 0. The van der Waals surface area contributed by atoms with Gasteiger partial charge in [-0.25, -0.2) is 4.39 Å². The van der Waals surface area contributed by atoms with Gasteiger partial charge in [0, 0.05) is 18.5 Å². The molecule has 2 aliphatic carbocycles. The number of nitrogens with one attached hydrogen (secondary N) is 1. The van der Waals surface area contributed by atoms with Crippen LogP contribution in [0.4, 0.5) is 20.2 Å². The van der Waals surface area contributed by atoms with Crippen molar-refractivity contribution in [1.29, 1.82) is 0 Å². The molecule has 0 saturated heterocycles. The van der Waals surface area contributed by atoms with E-state index in [0.29, 0.717) is 6.54 Å². The number of nitro groups is 1. The Morgan fingerprint density at radius 1 is 1.19 bits per heavy atom. The van der Waals surface area contributed by atoms with Crippen LogP contribution in [0.25, 0.3) is 5.57 Å². The molecule has 0 aliphatic heterocycles. The molecule has 0 saturated carbocycles. The standard InChI is InChI=1S/C20H13F2IN2O2/c21-16-9-17(20(25(26)27)18(22)19(16)23)24-10-15-12-6-7-13(14(15)8-12)11-4-2-1-3-5-11/h1-9,15,24H,10H2. The molecule has 0 amide bonds. The molecule has 0 radical (unpaired) electrons. The van der Waals surface area contributed by atoms with E-state index in [1.165, 1.54) is 22.6 Å². The lowest BCUT2D eigenvalue weighted by molar-refractivity contribution is -0.386. The Labute approximate surface area is 167 Å². The average Bonchev–Trinajstić information content (AvgIpc) is 2.66. The third-order valence-electron chi connectivity index (χ3n) is 4.75. The van der Waals surface area contributed by atoms with Crippen LogP contribution < -0.4 is 5.32 Å². The highest BCUT2D eigenvalue weighted by molar-refractivity contribution is 14.1. The minimum atomic E-state index is -1.15. The minimum Gasteiger partial charge on any atom is -0.378 e. The van der Waals surface area contributed by atoms with E-state index in [1.807, 2.05) is 42.5 Å². The first-order chi connectivity index (χ1) is 13.0. The van der Waals surface area contributed by atoms with Gasteiger partial charge in [0.25, 0.3) is 0 Å². The average molecular weight is 478 g/mol. The van der Waals surface area contributed by atoms with Gasteiger partial charge in [-0.05, 0) is 44.9 Å². The van der Waals surface area contributed by atoms with Crippen molar-refractivity contribution >= 4 is 39.5 Å². The van der Waals surface area contributed by atoms with E-state index >= 15 is 0 Å². The Balaban J connectivity index is 1.57. The number of nitrogens with zero attached hydrogens (tertiary/aromatic N) is 1. The third-order valence-corrected chi connectivity index (χ3v) is 5.74. The maximum atomic E-state index is 14.1. The molecule has 0 spiro atoms. The molecule has 136 valence electrons. The molecule has 4 nitrogen and oxygen atoms in total. The zero-order valence-electron chi connectivity index (χ0n) is 13.9. The number of nitro benzene ring substituents is 1. The maximum Gasteiger partial charge on any atom is 0.328 e. The first-order valence-corrected chi connectivity index (χ1v) is 9.30. The smallest absolute Gasteiger partial charge is 0.328 e. The molecule has 4 rings (SSSR count). The number of hydrogen-bond donors (Lipinski definition) is 1. The van der Waals surface area contributed by atoms with Gasteiger partial charge in [0.1, 0.15) is 11.5 Å². The Bertz CT molecular complexity index is 1040. The highest BCUT2D eigenvalue weighted by atomic mass is 127. The topological polar surface area (TPSA) is 55.2 Å². The largest absolute Gasteiger partial charge is 0.378 e. The molecule has 27 heavy (non-hydrogen) atoms. The Hall–Kier alpha value is -2.55. The number of hydrogen-bond acceptors (Lipinski definition) is 3. The van der Waals surface area contributed by atoms with Gasteiger partial charge in [0.15, 0.2) is 0 Å². The quantitative estimate of drug-likeness (QED) is 0.269. The number of halogens is 3. The van der Waals surface area contributed by atoms with Crippen molar-refractivity contribution in [3.05, 3.63) is 96.7 Å². The van der Waals surface area contributed by atoms with Crippen molar-refractivity contribution in [1.82, 2.24) is 0 Å². The van der Waals surface area contributed by atoms with Crippen LogP contribution in [0.5, 0.6) is 0 Å². The second kappa shape index (κ2) is 6.88. The van der Waals surface area contributed by atoms with Crippen LogP contribution in [0.2, 0.25) is 0 Å². The molecule has 1 unspecified atom stereocenters. The van der Waals surface area contributed by atoms with Crippen molar-refractivity contribution < 1.29 is 13.7 Å². The van der Waals surface area contributed by atoms with Crippen molar-refractivity contribution in [3.63, 3.8) is 0 Å². The number of anilines is 1. The fourth-order valence-corrected chi connectivity index (χ4v) is 3.80. The van der Waals surface area contributed by atoms with E-state index in [0.717, 1.165) is 28.3 Å². The van der Waals surface area contributed by atoms with Crippen molar-refractivity contribution in [3.8, 4) is 0 Å². The van der Waals surface area contributed by atoms with Crippen LogP contribution in [-0.2, 0) is 0 Å². The molecule has 0 fully saturated rings. The Kier molecular flexibility index (Phi) is 4.55. The molecule has 2 aromatic carbocycles. The molecular formula is C20H13F2IN2O2. The highest BCUT2D eigenvalue weighted by Gasteiger charge is 2.33. The summed E-state index contributed by atoms with van der Waals surface area (Å²) >= 11 is 1.43. The second-order valence-electron chi connectivity index (χ2n) is 6.29. The van der Waals surface area contributed by atoms with Gasteiger partial charge >= 0.3 is 5.69 Å². The van der Waals surface area contributed by atoms with Crippen LogP contribution in [-0.4, -0.2) is 11.5 Å². The lowest BCUT2D eigenvalue weighted by Crippen LogP contribution is -2.27. The minimum absolute atomic E-state index is 0.0233. The van der Waals surface area contributed by atoms with Gasteiger partial charge in [0.2, 0.25) is 5.82 Å². The van der Waals surface area contributed by atoms with Crippen molar-refractivity contribution in [2.45, 2.75) is 0 Å². The highest BCUT2D eigenvalue weighted by Crippen LogP contribution is 2.45. The zero-order chi connectivity index (χ0) is 19.1. The summed E-state index contributed by atoms with van der Waals surface area (Å²) in [5.41, 5.74) is 3.50. The lowest BCUT2D eigenvalue weighted by Gasteiger charge is -2.35. The van der Waals surface area contributed by atoms with Crippen LogP contribution in [0, 0.1) is 31.2 Å². The summed E-state index contributed by atoms with van der Waals surface area (Å²) in [4.78, 5) is 10.4. The van der Waals surface area contributed by atoms with Crippen LogP contribution in [0.1, 0.15) is 5.56 Å². The Morgan fingerprint density at radius 3 is 2.59 bits per heavy atom. The predicted octanol–water partition coefficient (Wildman–Crippen LogP) is 5.47. The van der Waals surface area contributed by atoms with Crippen LogP contribution >= 0.6 is 22.6 Å². The fourth-order valence-electron chi connectivity index (χ4n) is 3.39. The molecule has 2 aromatic rings. The zero-order valence-corrected chi connectivity index (χ0v) is 16.0. The molecule has 0 aromatic heterocycles.